The van der Waals surface area contributed by atoms with Crippen LogP contribution in [-0.2, 0) is 17.9 Å². The number of nitrogens with zero attached hydrogens (tertiary/aromatic N) is 3. The molecule has 0 aliphatic carbocycles. The molecule has 5 heteroatoms. The van der Waals surface area contributed by atoms with Crippen LogP contribution in [0.4, 0.5) is 0 Å². The Morgan fingerprint density at radius 3 is 2.73 bits per heavy atom. The number of ether oxygens (including phenoxy) is 1. The lowest BCUT2D eigenvalue weighted by Gasteiger charge is -2.20. The van der Waals surface area contributed by atoms with Gasteiger partial charge in [-0.2, -0.15) is 0 Å². The molecule has 0 atom stereocenters. The van der Waals surface area contributed by atoms with Crippen LogP contribution in [0, 0.1) is 0 Å². The number of imidazole rings is 1. The second-order valence-corrected chi connectivity index (χ2v) is 6.14. The highest BCUT2D eigenvalue weighted by Gasteiger charge is 2.20. The Kier molecular flexibility index (Phi) is 3.58. The molecule has 0 radical (unpaired) electrons. The summed E-state index contributed by atoms with van der Waals surface area (Å²) < 4.78 is 7.65. The minimum Gasteiger partial charge on any atom is -0.372 e. The highest BCUT2D eigenvalue weighted by molar-refractivity contribution is 5.97. The van der Waals surface area contributed by atoms with Gasteiger partial charge in [0.05, 0.1) is 17.6 Å². The number of hydrogen-bond acceptors (Lipinski definition) is 3. The van der Waals surface area contributed by atoms with Gasteiger partial charge in [0.1, 0.15) is 12.4 Å². The van der Waals surface area contributed by atoms with Gasteiger partial charge in [0, 0.05) is 25.2 Å². The summed E-state index contributed by atoms with van der Waals surface area (Å²) in [5, 5.41) is 0. The van der Waals surface area contributed by atoms with Gasteiger partial charge < -0.3 is 14.2 Å². The Morgan fingerprint density at radius 2 is 1.91 bits per heavy atom. The number of benzene rings is 1. The van der Waals surface area contributed by atoms with Crippen LogP contribution in [0.15, 0.2) is 18.2 Å². The van der Waals surface area contributed by atoms with Crippen molar-refractivity contribution in [1.29, 1.82) is 0 Å². The number of rotatable bonds is 1. The quantitative estimate of drug-likeness (QED) is 0.813. The van der Waals surface area contributed by atoms with Crippen LogP contribution in [0.3, 0.4) is 0 Å². The number of hydrogen-bond donors (Lipinski definition) is 0. The number of carbonyl (C=O) groups excluding carboxylic acids is 1. The first-order valence-electron chi connectivity index (χ1n) is 8.19. The summed E-state index contributed by atoms with van der Waals surface area (Å²) >= 11 is 0. The average Bonchev–Trinajstić information content (AvgIpc) is 2.72. The summed E-state index contributed by atoms with van der Waals surface area (Å²) in [4.78, 5) is 19.3. The average molecular weight is 299 g/mol. The van der Waals surface area contributed by atoms with Crippen LogP contribution in [0.25, 0.3) is 11.0 Å². The van der Waals surface area contributed by atoms with Crippen molar-refractivity contribution in [2.75, 3.05) is 19.7 Å². The Bertz CT molecular complexity index is 699. The molecule has 1 aromatic carbocycles. The van der Waals surface area contributed by atoms with Crippen molar-refractivity contribution in [2.45, 2.75) is 38.8 Å². The van der Waals surface area contributed by atoms with Crippen LogP contribution in [0.1, 0.15) is 41.9 Å². The van der Waals surface area contributed by atoms with E-state index in [1.807, 2.05) is 23.1 Å². The Balaban J connectivity index is 1.65. The van der Waals surface area contributed by atoms with Gasteiger partial charge >= 0.3 is 0 Å². The molecule has 4 rings (SSSR count). The van der Waals surface area contributed by atoms with Crippen molar-refractivity contribution in [1.82, 2.24) is 14.5 Å². The molecule has 2 aromatic rings. The predicted octanol–water partition coefficient (Wildman–Crippen LogP) is 2.58. The molecule has 1 amide bonds. The molecule has 116 valence electrons. The Morgan fingerprint density at radius 1 is 1.09 bits per heavy atom. The molecule has 2 aliphatic heterocycles. The largest absolute Gasteiger partial charge is 0.372 e. The third-order valence-corrected chi connectivity index (χ3v) is 4.66. The van der Waals surface area contributed by atoms with E-state index in [4.69, 9.17) is 4.74 Å². The summed E-state index contributed by atoms with van der Waals surface area (Å²) in [7, 11) is 0. The number of fused-ring (bicyclic) bond motifs is 3. The molecule has 0 unspecified atom stereocenters. The molecule has 22 heavy (non-hydrogen) atoms. The van der Waals surface area contributed by atoms with E-state index in [1.165, 1.54) is 12.8 Å². The van der Waals surface area contributed by atoms with Crippen molar-refractivity contribution < 1.29 is 9.53 Å². The maximum Gasteiger partial charge on any atom is 0.253 e. The number of aromatic nitrogens is 2. The lowest BCUT2D eigenvalue weighted by atomic mass is 10.1. The third kappa shape index (κ3) is 2.39. The van der Waals surface area contributed by atoms with Gasteiger partial charge in [-0.15, -0.1) is 0 Å². The van der Waals surface area contributed by atoms with Gasteiger partial charge in [0.25, 0.3) is 5.91 Å². The van der Waals surface area contributed by atoms with E-state index in [1.54, 1.807) is 0 Å². The molecular formula is C17H21N3O2. The second kappa shape index (κ2) is 5.72. The van der Waals surface area contributed by atoms with Crippen molar-refractivity contribution in [3.63, 3.8) is 0 Å². The molecule has 1 saturated heterocycles. The van der Waals surface area contributed by atoms with E-state index < -0.39 is 0 Å². The number of likely N-dealkylation sites (tertiary alicyclic amines) is 1. The molecule has 1 fully saturated rings. The van der Waals surface area contributed by atoms with Crippen LogP contribution < -0.4 is 0 Å². The second-order valence-electron chi connectivity index (χ2n) is 6.14. The summed E-state index contributed by atoms with van der Waals surface area (Å²) in [6, 6.07) is 5.91. The Hall–Kier alpha value is -1.88. The summed E-state index contributed by atoms with van der Waals surface area (Å²) in [5.41, 5.74) is 2.76. The van der Waals surface area contributed by atoms with Gasteiger partial charge in [-0.25, -0.2) is 4.98 Å². The van der Waals surface area contributed by atoms with Crippen molar-refractivity contribution in [2.24, 2.45) is 0 Å². The molecule has 2 aliphatic rings. The van der Waals surface area contributed by atoms with Gasteiger partial charge in [-0.1, -0.05) is 12.8 Å². The zero-order valence-corrected chi connectivity index (χ0v) is 12.8. The molecule has 0 spiro atoms. The highest BCUT2D eigenvalue weighted by atomic mass is 16.5. The molecule has 5 nitrogen and oxygen atoms in total. The van der Waals surface area contributed by atoms with Crippen molar-refractivity contribution in [3.8, 4) is 0 Å². The number of amides is 1. The zero-order valence-electron chi connectivity index (χ0n) is 12.8. The SMILES string of the molecule is O=C(c1ccc2c(c1)nc1n2CCOC1)N1CCCCCC1. The molecule has 3 heterocycles. The van der Waals surface area contributed by atoms with E-state index >= 15 is 0 Å². The van der Waals surface area contributed by atoms with Crippen LogP contribution in [0.2, 0.25) is 0 Å². The maximum atomic E-state index is 12.7. The smallest absolute Gasteiger partial charge is 0.253 e. The Labute approximate surface area is 129 Å². The summed E-state index contributed by atoms with van der Waals surface area (Å²) in [6.07, 6.45) is 4.70. The van der Waals surface area contributed by atoms with Crippen molar-refractivity contribution in [3.05, 3.63) is 29.6 Å². The maximum absolute atomic E-state index is 12.7. The summed E-state index contributed by atoms with van der Waals surface area (Å²) in [5.74, 6) is 1.10. The van der Waals surface area contributed by atoms with Gasteiger partial charge in [0.15, 0.2) is 0 Å². The first-order valence-corrected chi connectivity index (χ1v) is 8.19. The molecule has 0 bridgehead atoms. The molecule has 0 N–H and O–H groups in total. The van der Waals surface area contributed by atoms with Gasteiger partial charge in [0.2, 0.25) is 0 Å². The fourth-order valence-corrected chi connectivity index (χ4v) is 3.45. The fourth-order valence-electron chi connectivity index (χ4n) is 3.45. The van der Waals surface area contributed by atoms with Crippen LogP contribution in [-0.4, -0.2) is 40.1 Å². The van der Waals surface area contributed by atoms with E-state index in [9.17, 15) is 4.79 Å². The first kappa shape index (κ1) is 13.8. The first-order chi connectivity index (χ1) is 10.8. The third-order valence-electron chi connectivity index (χ3n) is 4.66. The van der Waals surface area contributed by atoms with E-state index in [0.717, 1.165) is 61.5 Å². The van der Waals surface area contributed by atoms with E-state index in [0.29, 0.717) is 6.61 Å². The molecule has 1 aromatic heterocycles. The van der Waals surface area contributed by atoms with Crippen LogP contribution >= 0.6 is 0 Å². The van der Waals surface area contributed by atoms with Crippen molar-refractivity contribution >= 4 is 16.9 Å². The predicted molar refractivity (Wildman–Crippen MR) is 83.8 cm³/mol. The number of carbonyl (C=O) groups is 1. The monoisotopic (exact) mass is 299 g/mol. The van der Waals surface area contributed by atoms with Gasteiger partial charge in [-0.3, -0.25) is 4.79 Å². The fraction of sp³-hybridized carbons (Fsp3) is 0.529. The van der Waals surface area contributed by atoms with Crippen LogP contribution in [0.5, 0.6) is 0 Å². The minimum atomic E-state index is 0.144. The topological polar surface area (TPSA) is 47.4 Å². The lowest BCUT2D eigenvalue weighted by Crippen LogP contribution is -2.31. The zero-order chi connectivity index (χ0) is 14.9. The van der Waals surface area contributed by atoms with Gasteiger partial charge in [-0.05, 0) is 31.0 Å². The standard InChI is InChI=1S/C17H21N3O2/c21-17(19-7-3-1-2-4-8-19)13-5-6-15-14(11-13)18-16-12-22-10-9-20(15)16/h5-6,11H,1-4,7-10,12H2. The molecular weight excluding hydrogens is 278 g/mol. The normalized spacial score (nSPS) is 19.0. The molecule has 0 saturated carbocycles. The lowest BCUT2D eigenvalue weighted by molar-refractivity contribution is 0.0761. The minimum absolute atomic E-state index is 0.144. The van der Waals surface area contributed by atoms with E-state index in [-0.39, 0.29) is 5.91 Å². The highest BCUT2D eigenvalue weighted by Crippen LogP contribution is 2.22. The summed E-state index contributed by atoms with van der Waals surface area (Å²) in [6.45, 7) is 3.89. The van der Waals surface area contributed by atoms with E-state index in [2.05, 4.69) is 9.55 Å².